The van der Waals surface area contributed by atoms with Gasteiger partial charge in [-0.25, -0.2) is 13.2 Å². The lowest BCUT2D eigenvalue weighted by molar-refractivity contribution is 0.0596. The molecule has 0 radical (unpaired) electrons. The minimum atomic E-state index is -3.82. The van der Waals surface area contributed by atoms with Crippen LogP contribution in [0.2, 0.25) is 0 Å². The SMILES string of the molecule is C=CCN(CC=C)S(=O)(=O)c1ccccc1C(=O)OC. The summed E-state index contributed by atoms with van der Waals surface area (Å²) in [5, 5.41) is 0. The van der Waals surface area contributed by atoms with Crippen LogP contribution >= 0.6 is 0 Å². The number of hydrogen-bond acceptors (Lipinski definition) is 4. The lowest BCUT2D eigenvalue weighted by Crippen LogP contribution is -2.32. The molecule has 0 saturated heterocycles. The average molecular weight is 295 g/mol. The van der Waals surface area contributed by atoms with Crippen molar-refractivity contribution in [3.05, 3.63) is 55.1 Å². The fourth-order valence-electron chi connectivity index (χ4n) is 1.67. The second-order valence-corrected chi connectivity index (χ2v) is 5.79. The number of rotatable bonds is 7. The molecule has 0 aromatic heterocycles. The Morgan fingerprint density at radius 3 is 2.30 bits per heavy atom. The Morgan fingerprint density at radius 2 is 1.80 bits per heavy atom. The number of sulfonamides is 1. The molecular formula is C14H17NO4S. The molecule has 108 valence electrons. The first kappa shape index (κ1) is 16.1. The molecule has 0 N–H and O–H groups in total. The van der Waals surface area contributed by atoms with Crippen LogP contribution in [0.5, 0.6) is 0 Å². The van der Waals surface area contributed by atoms with Crippen LogP contribution in [0.25, 0.3) is 0 Å². The van der Waals surface area contributed by atoms with Crippen molar-refractivity contribution in [2.75, 3.05) is 20.2 Å². The van der Waals surface area contributed by atoms with Gasteiger partial charge in [0.15, 0.2) is 0 Å². The maximum atomic E-state index is 12.6. The second kappa shape index (κ2) is 7.02. The van der Waals surface area contributed by atoms with Crippen LogP contribution in [0.3, 0.4) is 0 Å². The minimum absolute atomic E-state index is 0.00752. The molecule has 0 unspecified atom stereocenters. The Kier molecular flexibility index (Phi) is 5.66. The quantitative estimate of drug-likeness (QED) is 0.569. The van der Waals surface area contributed by atoms with Crippen molar-refractivity contribution in [3.63, 3.8) is 0 Å². The molecule has 0 fully saturated rings. The number of nitrogens with zero attached hydrogens (tertiary/aromatic N) is 1. The Balaban J connectivity index is 3.37. The molecule has 0 heterocycles. The molecule has 0 amide bonds. The van der Waals surface area contributed by atoms with Gasteiger partial charge in [0.05, 0.1) is 17.6 Å². The molecule has 20 heavy (non-hydrogen) atoms. The van der Waals surface area contributed by atoms with Crippen LogP contribution in [0, 0.1) is 0 Å². The van der Waals surface area contributed by atoms with Crippen molar-refractivity contribution in [3.8, 4) is 0 Å². The van der Waals surface area contributed by atoms with Crippen molar-refractivity contribution >= 4 is 16.0 Å². The van der Waals surface area contributed by atoms with Crippen molar-refractivity contribution in [1.82, 2.24) is 4.31 Å². The number of benzene rings is 1. The van der Waals surface area contributed by atoms with Crippen LogP contribution in [0.4, 0.5) is 0 Å². The molecule has 1 aromatic carbocycles. The van der Waals surface area contributed by atoms with Gasteiger partial charge in [0.25, 0.3) is 0 Å². The number of carbonyl (C=O) groups is 1. The normalized spacial score (nSPS) is 11.1. The first-order chi connectivity index (χ1) is 9.48. The lowest BCUT2D eigenvalue weighted by Gasteiger charge is -2.20. The zero-order chi connectivity index (χ0) is 15.2. The Morgan fingerprint density at radius 1 is 1.25 bits per heavy atom. The van der Waals surface area contributed by atoms with E-state index >= 15 is 0 Å². The summed E-state index contributed by atoms with van der Waals surface area (Å²) in [5.74, 6) is -0.693. The van der Waals surface area contributed by atoms with Crippen LogP contribution in [-0.2, 0) is 14.8 Å². The van der Waals surface area contributed by atoms with Crippen molar-refractivity contribution < 1.29 is 17.9 Å². The molecule has 0 bridgehead atoms. The molecule has 1 aromatic rings. The molecule has 0 atom stereocenters. The van der Waals surface area contributed by atoms with E-state index in [4.69, 9.17) is 0 Å². The first-order valence-electron chi connectivity index (χ1n) is 5.88. The predicted molar refractivity (Wildman–Crippen MR) is 76.9 cm³/mol. The van der Waals surface area contributed by atoms with E-state index in [1.165, 1.54) is 35.7 Å². The van der Waals surface area contributed by atoms with Gasteiger partial charge in [0.2, 0.25) is 10.0 Å². The summed E-state index contributed by atoms with van der Waals surface area (Å²) in [6.45, 7) is 7.32. The van der Waals surface area contributed by atoms with Gasteiger partial charge in [-0.3, -0.25) is 0 Å². The monoisotopic (exact) mass is 295 g/mol. The lowest BCUT2D eigenvalue weighted by atomic mass is 10.2. The topological polar surface area (TPSA) is 63.7 Å². The summed E-state index contributed by atoms with van der Waals surface area (Å²) in [4.78, 5) is 11.6. The van der Waals surface area contributed by atoms with Gasteiger partial charge in [0, 0.05) is 13.1 Å². The van der Waals surface area contributed by atoms with Gasteiger partial charge in [-0.2, -0.15) is 4.31 Å². The van der Waals surface area contributed by atoms with Gasteiger partial charge in [-0.1, -0.05) is 24.3 Å². The molecule has 1 rings (SSSR count). The number of carbonyl (C=O) groups excluding carboxylic acids is 1. The summed E-state index contributed by atoms with van der Waals surface area (Å²) < 4.78 is 30.9. The molecule has 0 aliphatic carbocycles. The second-order valence-electron chi connectivity index (χ2n) is 3.89. The van der Waals surface area contributed by atoms with Crippen molar-refractivity contribution in [1.29, 1.82) is 0 Å². The molecule has 5 nitrogen and oxygen atoms in total. The molecule has 0 saturated carbocycles. The summed E-state index contributed by atoms with van der Waals surface area (Å²) in [7, 11) is -2.62. The zero-order valence-electron chi connectivity index (χ0n) is 11.3. The van der Waals surface area contributed by atoms with Crippen molar-refractivity contribution in [2.45, 2.75) is 4.90 Å². The third-order valence-electron chi connectivity index (χ3n) is 2.58. The average Bonchev–Trinajstić information content (AvgIpc) is 2.46. The number of esters is 1. The number of methoxy groups -OCH3 is 1. The zero-order valence-corrected chi connectivity index (χ0v) is 12.1. The van der Waals surface area contributed by atoms with E-state index in [0.717, 1.165) is 0 Å². The summed E-state index contributed by atoms with van der Waals surface area (Å²) in [5.41, 5.74) is 0.00752. The van der Waals surface area contributed by atoms with E-state index in [-0.39, 0.29) is 23.5 Å². The highest BCUT2D eigenvalue weighted by molar-refractivity contribution is 7.89. The Labute approximate surface area is 119 Å². The van der Waals surface area contributed by atoms with E-state index in [0.29, 0.717) is 0 Å². The Bertz CT molecular complexity index is 597. The molecule has 6 heteroatoms. The third-order valence-corrected chi connectivity index (χ3v) is 4.47. The standard InChI is InChI=1S/C14H17NO4S/c1-4-10-15(11-5-2)20(17,18)13-9-7-6-8-12(13)14(16)19-3/h4-9H,1-2,10-11H2,3H3. The molecule has 0 spiro atoms. The van der Waals surface area contributed by atoms with Crippen LogP contribution < -0.4 is 0 Å². The van der Waals surface area contributed by atoms with E-state index in [1.807, 2.05) is 0 Å². The van der Waals surface area contributed by atoms with Gasteiger partial charge >= 0.3 is 5.97 Å². The van der Waals surface area contributed by atoms with E-state index in [1.54, 1.807) is 12.1 Å². The van der Waals surface area contributed by atoms with Crippen LogP contribution in [0.1, 0.15) is 10.4 Å². The minimum Gasteiger partial charge on any atom is -0.465 e. The largest absolute Gasteiger partial charge is 0.465 e. The summed E-state index contributed by atoms with van der Waals surface area (Å²) in [6, 6.07) is 5.93. The first-order valence-corrected chi connectivity index (χ1v) is 7.32. The fraction of sp³-hybridized carbons (Fsp3) is 0.214. The highest BCUT2D eigenvalue weighted by atomic mass is 32.2. The van der Waals surface area contributed by atoms with Crippen LogP contribution in [-0.4, -0.2) is 38.9 Å². The van der Waals surface area contributed by atoms with Crippen molar-refractivity contribution in [2.24, 2.45) is 0 Å². The smallest absolute Gasteiger partial charge is 0.339 e. The van der Waals surface area contributed by atoms with Gasteiger partial charge < -0.3 is 4.74 Å². The number of hydrogen-bond donors (Lipinski definition) is 0. The van der Waals surface area contributed by atoms with E-state index < -0.39 is 16.0 Å². The number of ether oxygens (including phenoxy) is 1. The molecule has 0 aliphatic rings. The maximum absolute atomic E-state index is 12.6. The molecule has 0 aliphatic heterocycles. The highest BCUT2D eigenvalue weighted by Gasteiger charge is 2.27. The highest BCUT2D eigenvalue weighted by Crippen LogP contribution is 2.21. The third kappa shape index (κ3) is 3.34. The van der Waals surface area contributed by atoms with Gasteiger partial charge in [0.1, 0.15) is 0 Å². The van der Waals surface area contributed by atoms with Crippen LogP contribution in [0.15, 0.2) is 54.5 Å². The summed E-state index contributed by atoms with van der Waals surface area (Å²) in [6.07, 6.45) is 2.95. The summed E-state index contributed by atoms with van der Waals surface area (Å²) >= 11 is 0. The van der Waals surface area contributed by atoms with E-state index in [2.05, 4.69) is 17.9 Å². The maximum Gasteiger partial charge on any atom is 0.339 e. The predicted octanol–water partition coefficient (Wildman–Crippen LogP) is 1.84. The van der Waals surface area contributed by atoms with Gasteiger partial charge in [-0.15, -0.1) is 13.2 Å². The molecular weight excluding hydrogens is 278 g/mol. The van der Waals surface area contributed by atoms with Gasteiger partial charge in [-0.05, 0) is 12.1 Å². The van der Waals surface area contributed by atoms with E-state index in [9.17, 15) is 13.2 Å². The Hall–Kier alpha value is -1.92. The fourth-order valence-corrected chi connectivity index (χ4v) is 3.23.